The van der Waals surface area contributed by atoms with Crippen LogP contribution in [0.4, 0.5) is 0 Å². The molecular weight excluding hydrogens is 344 g/mol. The Kier molecular flexibility index (Phi) is 4.58. The molecule has 8 heteroatoms. The fraction of sp³-hybridized carbons (Fsp3) is 0.263. The average molecular weight is 360 g/mol. The second-order valence-electron chi connectivity index (χ2n) is 6.35. The van der Waals surface area contributed by atoms with Crippen molar-refractivity contribution >= 4 is 5.91 Å². The van der Waals surface area contributed by atoms with Crippen LogP contribution in [0, 0.1) is 11.3 Å². The molecule has 0 spiro atoms. The van der Waals surface area contributed by atoms with Crippen molar-refractivity contribution in [1.29, 1.82) is 5.26 Å². The number of likely N-dealkylation sites (tertiary alicyclic amines) is 1. The van der Waals surface area contributed by atoms with Crippen LogP contribution in [0.15, 0.2) is 47.2 Å². The van der Waals surface area contributed by atoms with E-state index in [1.54, 1.807) is 47.6 Å². The number of aromatic nitrogens is 4. The minimum atomic E-state index is -0.0559. The maximum atomic E-state index is 12.7. The van der Waals surface area contributed by atoms with Crippen molar-refractivity contribution in [3.63, 3.8) is 0 Å². The minimum Gasteiger partial charge on any atom is -0.339 e. The van der Waals surface area contributed by atoms with E-state index in [4.69, 9.17) is 9.78 Å². The number of hydrogen-bond acceptors (Lipinski definition) is 7. The summed E-state index contributed by atoms with van der Waals surface area (Å²) in [7, 11) is 0. The largest absolute Gasteiger partial charge is 0.339 e. The third-order valence-corrected chi connectivity index (χ3v) is 4.65. The molecule has 0 saturated carbocycles. The molecule has 1 fully saturated rings. The molecule has 4 rings (SSSR count). The molecule has 1 amide bonds. The van der Waals surface area contributed by atoms with Gasteiger partial charge in [0.25, 0.3) is 5.91 Å². The molecule has 0 aliphatic carbocycles. The fourth-order valence-electron chi connectivity index (χ4n) is 3.18. The molecule has 1 saturated heterocycles. The quantitative estimate of drug-likeness (QED) is 0.705. The van der Waals surface area contributed by atoms with Crippen molar-refractivity contribution in [1.82, 2.24) is 25.2 Å². The molecule has 1 aliphatic rings. The lowest BCUT2D eigenvalue weighted by molar-refractivity contribution is 0.0704. The van der Waals surface area contributed by atoms with Crippen LogP contribution in [0.1, 0.15) is 40.6 Å². The summed E-state index contributed by atoms with van der Waals surface area (Å²) < 4.78 is 5.42. The van der Waals surface area contributed by atoms with Gasteiger partial charge in [0.1, 0.15) is 0 Å². The van der Waals surface area contributed by atoms with E-state index < -0.39 is 0 Å². The first-order valence-electron chi connectivity index (χ1n) is 8.64. The van der Waals surface area contributed by atoms with E-state index in [9.17, 15) is 4.79 Å². The zero-order valence-electron chi connectivity index (χ0n) is 14.4. The van der Waals surface area contributed by atoms with Crippen LogP contribution in [0.5, 0.6) is 0 Å². The van der Waals surface area contributed by atoms with Crippen LogP contribution in [-0.2, 0) is 0 Å². The molecule has 27 heavy (non-hydrogen) atoms. The van der Waals surface area contributed by atoms with Gasteiger partial charge in [0.05, 0.1) is 24.0 Å². The third-order valence-electron chi connectivity index (χ3n) is 4.65. The normalized spacial score (nSPS) is 14.7. The van der Waals surface area contributed by atoms with Gasteiger partial charge in [0.2, 0.25) is 11.7 Å². The number of carbonyl (C=O) groups is 1. The number of nitrogens with zero attached hydrogens (tertiary/aromatic N) is 6. The molecule has 1 aromatic carbocycles. The predicted octanol–water partition coefficient (Wildman–Crippen LogP) is 2.42. The number of piperidine rings is 1. The van der Waals surface area contributed by atoms with E-state index >= 15 is 0 Å². The number of hydrogen-bond donors (Lipinski definition) is 0. The van der Waals surface area contributed by atoms with Gasteiger partial charge in [-0.1, -0.05) is 11.2 Å². The highest BCUT2D eigenvalue weighted by molar-refractivity contribution is 5.94. The standard InChI is InChI=1S/C19H16N6O2/c20-11-13-2-1-3-15(10-13)19(26)25-8-5-14(6-9-25)18-23-17(24-27-18)16-4-7-21-22-12-16/h1-4,7,10,12,14H,5-6,8-9H2. The Morgan fingerprint density at radius 1 is 1.22 bits per heavy atom. The number of benzene rings is 1. The Morgan fingerprint density at radius 2 is 2.07 bits per heavy atom. The van der Waals surface area contributed by atoms with Crippen LogP contribution in [-0.4, -0.2) is 44.2 Å². The Morgan fingerprint density at radius 3 is 2.81 bits per heavy atom. The summed E-state index contributed by atoms with van der Waals surface area (Å²) in [6.07, 6.45) is 4.67. The Hall–Kier alpha value is -3.60. The SMILES string of the molecule is N#Cc1cccc(C(=O)N2CCC(c3nc(-c4ccnnc4)no3)CC2)c1. The predicted molar refractivity (Wildman–Crippen MR) is 94.4 cm³/mol. The van der Waals surface area contributed by atoms with Crippen LogP contribution in [0.2, 0.25) is 0 Å². The molecule has 0 radical (unpaired) electrons. The molecule has 0 unspecified atom stereocenters. The lowest BCUT2D eigenvalue weighted by Gasteiger charge is -2.30. The van der Waals surface area contributed by atoms with Crippen molar-refractivity contribution in [3.8, 4) is 17.5 Å². The van der Waals surface area contributed by atoms with E-state index in [-0.39, 0.29) is 11.8 Å². The second-order valence-corrected chi connectivity index (χ2v) is 6.35. The minimum absolute atomic E-state index is 0.0559. The average Bonchev–Trinajstić information content (AvgIpc) is 3.24. The van der Waals surface area contributed by atoms with E-state index in [2.05, 4.69) is 26.4 Å². The molecule has 3 heterocycles. The first-order valence-corrected chi connectivity index (χ1v) is 8.64. The van der Waals surface area contributed by atoms with Crippen molar-refractivity contribution in [3.05, 3.63) is 59.7 Å². The van der Waals surface area contributed by atoms with Crippen LogP contribution < -0.4 is 0 Å². The molecule has 3 aromatic rings. The smallest absolute Gasteiger partial charge is 0.253 e. The molecule has 0 N–H and O–H groups in total. The van der Waals surface area contributed by atoms with Gasteiger partial charge in [-0.05, 0) is 37.1 Å². The second kappa shape index (κ2) is 7.33. The van der Waals surface area contributed by atoms with E-state index in [0.29, 0.717) is 35.9 Å². The van der Waals surface area contributed by atoms with Crippen LogP contribution in [0.25, 0.3) is 11.4 Å². The van der Waals surface area contributed by atoms with Gasteiger partial charge in [-0.2, -0.15) is 20.4 Å². The van der Waals surface area contributed by atoms with Crippen molar-refractivity contribution < 1.29 is 9.32 Å². The summed E-state index contributed by atoms with van der Waals surface area (Å²) in [6, 6.07) is 10.6. The number of amides is 1. The maximum absolute atomic E-state index is 12.7. The summed E-state index contributed by atoms with van der Waals surface area (Å²) in [5.41, 5.74) is 1.78. The highest BCUT2D eigenvalue weighted by Gasteiger charge is 2.28. The molecule has 1 aliphatic heterocycles. The van der Waals surface area contributed by atoms with Gasteiger partial charge in [0.15, 0.2) is 0 Å². The Bertz CT molecular complexity index is 987. The topological polar surface area (TPSA) is 109 Å². The van der Waals surface area contributed by atoms with Gasteiger partial charge in [-0.15, -0.1) is 0 Å². The Labute approximate surface area is 155 Å². The first-order chi connectivity index (χ1) is 13.2. The highest BCUT2D eigenvalue weighted by Crippen LogP contribution is 2.29. The van der Waals surface area contributed by atoms with Crippen molar-refractivity contribution in [2.75, 3.05) is 13.1 Å². The zero-order chi connectivity index (χ0) is 18.6. The van der Waals surface area contributed by atoms with E-state index in [1.807, 2.05) is 0 Å². The number of rotatable bonds is 3. The van der Waals surface area contributed by atoms with Crippen LogP contribution in [0.3, 0.4) is 0 Å². The van der Waals surface area contributed by atoms with Gasteiger partial charge >= 0.3 is 0 Å². The lowest BCUT2D eigenvalue weighted by atomic mass is 9.96. The molecule has 8 nitrogen and oxygen atoms in total. The molecule has 134 valence electrons. The summed E-state index contributed by atoms with van der Waals surface area (Å²) >= 11 is 0. The Balaban J connectivity index is 1.41. The van der Waals surface area contributed by atoms with Crippen molar-refractivity contribution in [2.45, 2.75) is 18.8 Å². The molecule has 2 aromatic heterocycles. The fourth-order valence-corrected chi connectivity index (χ4v) is 3.18. The summed E-state index contributed by atoms with van der Waals surface area (Å²) in [6.45, 7) is 1.21. The maximum Gasteiger partial charge on any atom is 0.253 e. The summed E-state index contributed by atoms with van der Waals surface area (Å²) in [5.74, 6) is 1.14. The summed E-state index contributed by atoms with van der Waals surface area (Å²) in [5, 5.41) is 20.6. The van der Waals surface area contributed by atoms with E-state index in [0.717, 1.165) is 18.4 Å². The third kappa shape index (κ3) is 3.53. The van der Waals surface area contributed by atoms with Gasteiger partial charge in [-0.25, -0.2) is 0 Å². The molecule has 0 bridgehead atoms. The highest BCUT2D eigenvalue weighted by atomic mass is 16.5. The molecule has 0 atom stereocenters. The van der Waals surface area contributed by atoms with E-state index in [1.165, 1.54) is 0 Å². The zero-order valence-corrected chi connectivity index (χ0v) is 14.4. The monoisotopic (exact) mass is 360 g/mol. The van der Waals surface area contributed by atoms with Gasteiger partial charge in [-0.3, -0.25) is 4.79 Å². The summed E-state index contributed by atoms with van der Waals surface area (Å²) in [4.78, 5) is 18.9. The first kappa shape index (κ1) is 16.8. The lowest BCUT2D eigenvalue weighted by Crippen LogP contribution is -2.38. The van der Waals surface area contributed by atoms with Gasteiger partial charge in [0, 0.05) is 30.1 Å². The number of nitriles is 1. The van der Waals surface area contributed by atoms with Gasteiger partial charge < -0.3 is 9.42 Å². The molecular formula is C19H16N6O2. The van der Waals surface area contributed by atoms with Crippen molar-refractivity contribution in [2.24, 2.45) is 0 Å². The number of carbonyl (C=O) groups excluding carboxylic acids is 1. The van der Waals surface area contributed by atoms with Crippen LogP contribution >= 0.6 is 0 Å².